The zero-order chi connectivity index (χ0) is 20.2. The predicted octanol–water partition coefficient (Wildman–Crippen LogP) is 2.61. The molecule has 0 radical (unpaired) electrons. The first-order valence-corrected chi connectivity index (χ1v) is 10.2. The first-order chi connectivity index (χ1) is 14.1. The van der Waals surface area contributed by atoms with E-state index in [2.05, 4.69) is 34.5 Å². The lowest BCUT2D eigenvalue weighted by Crippen LogP contribution is -2.47. The molecule has 0 aromatic heterocycles. The summed E-state index contributed by atoms with van der Waals surface area (Å²) in [5, 5.41) is 12.9. The van der Waals surface area contributed by atoms with E-state index in [0.29, 0.717) is 13.2 Å². The highest BCUT2D eigenvalue weighted by Crippen LogP contribution is 2.44. The van der Waals surface area contributed by atoms with Crippen LogP contribution in [0.25, 0.3) is 11.1 Å². The Morgan fingerprint density at radius 2 is 1.86 bits per heavy atom. The smallest absolute Gasteiger partial charge is 0.407 e. The number of aliphatic hydroxyl groups is 1. The summed E-state index contributed by atoms with van der Waals surface area (Å²) in [7, 11) is 0. The first kappa shape index (κ1) is 19.9. The Kier molecular flexibility index (Phi) is 6.13. The van der Waals surface area contributed by atoms with Crippen LogP contribution in [0.1, 0.15) is 24.0 Å². The molecule has 4 rings (SSSR count). The SMILES string of the molecule is CC1CN(CC(O)CNC(=O)OCC2c3ccccc3-c3ccccc32)CCO1. The summed E-state index contributed by atoms with van der Waals surface area (Å²) in [5.74, 6) is 0.0351. The molecule has 1 saturated heterocycles. The van der Waals surface area contributed by atoms with Crippen molar-refractivity contribution in [3.63, 3.8) is 0 Å². The lowest BCUT2D eigenvalue weighted by Gasteiger charge is -2.32. The van der Waals surface area contributed by atoms with Crippen LogP contribution in [0.4, 0.5) is 4.79 Å². The topological polar surface area (TPSA) is 71.0 Å². The van der Waals surface area contributed by atoms with Gasteiger partial charge in [-0.05, 0) is 29.2 Å². The van der Waals surface area contributed by atoms with Gasteiger partial charge in [0, 0.05) is 32.1 Å². The molecule has 2 N–H and O–H groups in total. The van der Waals surface area contributed by atoms with Crippen LogP contribution in [-0.2, 0) is 9.47 Å². The highest BCUT2D eigenvalue weighted by molar-refractivity contribution is 5.79. The van der Waals surface area contributed by atoms with Gasteiger partial charge in [0.05, 0.1) is 18.8 Å². The third kappa shape index (κ3) is 4.61. The van der Waals surface area contributed by atoms with Gasteiger partial charge in [0.1, 0.15) is 6.61 Å². The van der Waals surface area contributed by atoms with E-state index in [-0.39, 0.29) is 25.2 Å². The summed E-state index contributed by atoms with van der Waals surface area (Å²) < 4.78 is 11.0. The third-order valence-electron chi connectivity index (χ3n) is 5.62. The number of hydrogen-bond donors (Lipinski definition) is 2. The standard InChI is InChI=1S/C23H28N2O4/c1-16-13-25(10-11-28-16)14-17(26)12-24-23(27)29-15-22-20-8-4-2-6-18(20)19-7-3-5-9-21(19)22/h2-9,16-17,22,26H,10-15H2,1H3,(H,24,27). The number of carbonyl (C=O) groups is 1. The molecule has 2 aromatic rings. The summed E-state index contributed by atoms with van der Waals surface area (Å²) in [6.45, 7) is 5.24. The van der Waals surface area contributed by atoms with Gasteiger partial charge >= 0.3 is 6.09 Å². The van der Waals surface area contributed by atoms with E-state index < -0.39 is 12.2 Å². The molecular formula is C23H28N2O4. The Morgan fingerprint density at radius 1 is 1.21 bits per heavy atom. The van der Waals surface area contributed by atoms with Crippen molar-refractivity contribution in [1.82, 2.24) is 10.2 Å². The Hall–Kier alpha value is -2.41. The molecule has 2 aliphatic rings. The third-order valence-corrected chi connectivity index (χ3v) is 5.62. The van der Waals surface area contributed by atoms with E-state index in [1.54, 1.807) is 0 Å². The first-order valence-electron chi connectivity index (χ1n) is 10.2. The molecule has 1 aliphatic carbocycles. The molecule has 0 saturated carbocycles. The number of benzene rings is 2. The maximum Gasteiger partial charge on any atom is 0.407 e. The lowest BCUT2D eigenvalue weighted by molar-refractivity contribution is -0.0313. The Balaban J connectivity index is 1.28. The lowest BCUT2D eigenvalue weighted by atomic mass is 9.98. The number of ether oxygens (including phenoxy) is 2. The van der Waals surface area contributed by atoms with Gasteiger partial charge in [-0.3, -0.25) is 4.90 Å². The van der Waals surface area contributed by atoms with Crippen molar-refractivity contribution >= 4 is 6.09 Å². The number of fused-ring (bicyclic) bond motifs is 3. The molecule has 2 aromatic carbocycles. The minimum Gasteiger partial charge on any atom is -0.449 e. The maximum absolute atomic E-state index is 12.2. The van der Waals surface area contributed by atoms with Gasteiger partial charge in [-0.15, -0.1) is 0 Å². The second-order valence-corrected chi connectivity index (χ2v) is 7.80. The molecule has 0 bridgehead atoms. The fourth-order valence-corrected chi connectivity index (χ4v) is 4.27. The summed E-state index contributed by atoms with van der Waals surface area (Å²) in [5.41, 5.74) is 4.77. The van der Waals surface area contributed by atoms with E-state index in [9.17, 15) is 9.90 Å². The van der Waals surface area contributed by atoms with Gasteiger partial charge in [-0.25, -0.2) is 4.79 Å². The van der Waals surface area contributed by atoms with Crippen LogP contribution in [0, 0.1) is 0 Å². The van der Waals surface area contributed by atoms with Crippen LogP contribution in [0.3, 0.4) is 0 Å². The van der Waals surface area contributed by atoms with Gasteiger partial charge in [0.25, 0.3) is 0 Å². The Labute approximate surface area is 171 Å². The largest absolute Gasteiger partial charge is 0.449 e. The second-order valence-electron chi connectivity index (χ2n) is 7.80. The molecule has 29 heavy (non-hydrogen) atoms. The number of hydrogen-bond acceptors (Lipinski definition) is 5. The van der Waals surface area contributed by atoms with Gasteiger partial charge in [-0.1, -0.05) is 48.5 Å². The van der Waals surface area contributed by atoms with Crippen LogP contribution in [-0.4, -0.2) is 67.7 Å². The summed E-state index contributed by atoms with van der Waals surface area (Å²) >= 11 is 0. The van der Waals surface area contributed by atoms with Crippen LogP contribution in [0.5, 0.6) is 0 Å². The van der Waals surface area contributed by atoms with Crippen molar-refractivity contribution in [2.45, 2.75) is 25.0 Å². The van der Waals surface area contributed by atoms with Crippen molar-refractivity contribution in [1.29, 1.82) is 0 Å². The van der Waals surface area contributed by atoms with Crippen LogP contribution >= 0.6 is 0 Å². The monoisotopic (exact) mass is 396 g/mol. The number of β-amino-alcohol motifs (C(OH)–C–C–N with tert-alkyl or cyclic N) is 1. The molecule has 1 aliphatic heterocycles. The molecule has 6 heteroatoms. The summed E-state index contributed by atoms with van der Waals surface area (Å²) in [6.07, 6.45) is -0.965. The van der Waals surface area contributed by atoms with Gasteiger partial charge in [0.2, 0.25) is 0 Å². The maximum atomic E-state index is 12.2. The van der Waals surface area contributed by atoms with Crippen molar-refractivity contribution in [3.05, 3.63) is 59.7 Å². The molecule has 2 atom stereocenters. The number of nitrogens with zero attached hydrogens (tertiary/aromatic N) is 1. The molecule has 0 spiro atoms. The minimum absolute atomic E-state index is 0.0351. The molecule has 2 unspecified atom stereocenters. The highest BCUT2D eigenvalue weighted by atomic mass is 16.5. The fraction of sp³-hybridized carbons (Fsp3) is 0.435. The number of amides is 1. The second kappa shape index (κ2) is 8.95. The molecule has 1 heterocycles. The molecule has 6 nitrogen and oxygen atoms in total. The number of aliphatic hydroxyl groups excluding tert-OH is 1. The van der Waals surface area contributed by atoms with Crippen LogP contribution < -0.4 is 5.32 Å². The van der Waals surface area contributed by atoms with Gasteiger partial charge in [0.15, 0.2) is 0 Å². The number of nitrogens with one attached hydrogen (secondary N) is 1. The fourth-order valence-electron chi connectivity index (χ4n) is 4.27. The Morgan fingerprint density at radius 3 is 2.52 bits per heavy atom. The van der Waals surface area contributed by atoms with E-state index in [1.165, 1.54) is 22.3 Å². The van der Waals surface area contributed by atoms with E-state index in [4.69, 9.17) is 9.47 Å². The average molecular weight is 396 g/mol. The number of carbonyl (C=O) groups excluding carboxylic acids is 1. The number of morpholine rings is 1. The molecule has 1 amide bonds. The van der Waals surface area contributed by atoms with Crippen molar-refractivity contribution in [2.24, 2.45) is 0 Å². The zero-order valence-corrected chi connectivity index (χ0v) is 16.7. The number of rotatable bonds is 6. The average Bonchev–Trinajstić information content (AvgIpc) is 3.05. The zero-order valence-electron chi connectivity index (χ0n) is 16.7. The van der Waals surface area contributed by atoms with E-state index >= 15 is 0 Å². The van der Waals surface area contributed by atoms with Crippen molar-refractivity contribution in [2.75, 3.05) is 39.4 Å². The molecule has 1 fully saturated rings. The highest BCUT2D eigenvalue weighted by Gasteiger charge is 2.29. The predicted molar refractivity (Wildman–Crippen MR) is 111 cm³/mol. The van der Waals surface area contributed by atoms with Gasteiger partial charge < -0.3 is 19.9 Å². The van der Waals surface area contributed by atoms with Crippen molar-refractivity contribution < 1.29 is 19.4 Å². The summed E-state index contributed by atoms with van der Waals surface area (Å²) in [4.78, 5) is 14.3. The minimum atomic E-state index is -0.638. The summed E-state index contributed by atoms with van der Waals surface area (Å²) in [6, 6.07) is 16.5. The molecular weight excluding hydrogens is 368 g/mol. The van der Waals surface area contributed by atoms with Crippen LogP contribution in [0.2, 0.25) is 0 Å². The normalized spacial score (nSPS) is 20.0. The number of alkyl carbamates (subject to hydrolysis) is 1. The van der Waals surface area contributed by atoms with Crippen molar-refractivity contribution in [3.8, 4) is 11.1 Å². The molecule has 154 valence electrons. The van der Waals surface area contributed by atoms with E-state index in [1.807, 2.05) is 31.2 Å². The van der Waals surface area contributed by atoms with Gasteiger partial charge in [-0.2, -0.15) is 0 Å². The quantitative estimate of drug-likeness (QED) is 0.785. The Bertz CT molecular complexity index is 811. The van der Waals surface area contributed by atoms with E-state index in [0.717, 1.165) is 13.1 Å². The van der Waals surface area contributed by atoms with Crippen LogP contribution in [0.15, 0.2) is 48.5 Å².